The monoisotopic (exact) mass is 289 g/mol. The first-order chi connectivity index (χ1) is 8.86. The lowest BCUT2D eigenvalue weighted by molar-refractivity contribution is -0.119. The van der Waals surface area contributed by atoms with Crippen LogP contribution in [0.4, 0.5) is 4.39 Å². The van der Waals surface area contributed by atoms with Crippen LogP contribution in [0.5, 0.6) is 0 Å². The Bertz CT molecular complexity index is 544. The third-order valence-corrected chi connectivity index (χ3v) is 3.96. The summed E-state index contributed by atoms with van der Waals surface area (Å²) in [5, 5.41) is 2.46. The Morgan fingerprint density at radius 1 is 1.42 bits per heavy atom. The highest BCUT2D eigenvalue weighted by atomic mass is 32.2. The third kappa shape index (κ3) is 4.60. The van der Waals surface area contributed by atoms with Gasteiger partial charge in [-0.1, -0.05) is 12.1 Å². The van der Waals surface area contributed by atoms with Crippen molar-refractivity contribution in [2.45, 2.75) is 17.9 Å². The van der Waals surface area contributed by atoms with Gasteiger partial charge in [0, 0.05) is 13.2 Å². The highest BCUT2D eigenvalue weighted by Gasteiger charge is 2.23. The molecule has 0 fully saturated rings. The minimum Gasteiger partial charge on any atom is -0.383 e. The summed E-state index contributed by atoms with van der Waals surface area (Å²) >= 11 is 0. The van der Waals surface area contributed by atoms with E-state index in [0.717, 1.165) is 12.1 Å². The quantitative estimate of drug-likeness (QED) is 0.839. The average Bonchev–Trinajstić information content (AvgIpc) is 2.28. The number of rotatable bonds is 6. The second-order valence-corrected chi connectivity index (χ2v) is 6.07. The number of hydrogen-bond acceptors (Lipinski definition) is 4. The van der Waals surface area contributed by atoms with Gasteiger partial charge >= 0.3 is 0 Å². The van der Waals surface area contributed by atoms with E-state index in [9.17, 15) is 17.6 Å². The minimum atomic E-state index is -3.98. The van der Waals surface area contributed by atoms with Crippen LogP contribution in [0.1, 0.15) is 6.92 Å². The third-order valence-electron chi connectivity index (χ3n) is 2.32. The van der Waals surface area contributed by atoms with Gasteiger partial charge in [-0.15, -0.1) is 0 Å². The molecular weight excluding hydrogens is 273 g/mol. The predicted molar refractivity (Wildman–Crippen MR) is 67.9 cm³/mol. The smallest absolute Gasteiger partial charge is 0.235 e. The van der Waals surface area contributed by atoms with Crippen LogP contribution in [0.2, 0.25) is 0 Å². The molecule has 1 aromatic carbocycles. The zero-order valence-electron chi connectivity index (χ0n) is 10.7. The molecule has 0 radical (unpaired) electrons. The molecule has 0 aliphatic heterocycles. The Morgan fingerprint density at radius 2 is 2.05 bits per heavy atom. The molecule has 0 aromatic heterocycles. The van der Waals surface area contributed by atoms with Gasteiger partial charge in [-0.05, 0) is 19.1 Å². The molecule has 0 aliphatic carbocycles. The number of halogens is 1. The van der Waals surface area contributed by atoms with Gasteiger partial charge in [-0.3, -0.25) is 4.79 Å². The summed E-state index contributed by atoms with van der Waals surface area (Å²) in [6, 6.07) is 4.65. The lowest BCUT2D eigenvalue weighted by atomic mass is 10.3. The SMILES string of the molecule is COC[C@@H](C)NC(=O)CS(=O)(=O)c1ccccc1F. The highest BCUT2D eigenvalue weighted by Crippen LogP contribution is 2.15. The summed E-state index contributed by atoms with van der Waals surface area (Å²) in [5.41, 5.74) is 0. The number of benzene rings is 1. The summed E-state index contributed by atoms with van der Waals surface area (Å²) < 4.78 is 41.9. The summed E-state index contributed by atoms with van der Waals surface area (Å²) in [6.07, 6.45) is 0. The molecule has 0 spiro atoms. The second-order valence-electron chi connectivity index (χ2n) is 4.11. The Hall–Kier alpha value is -1.47. The summed E-state index contributed by atoms with van der Waals surface area (Å²) in [6.45, 7) is 1.95. The number of methoxy groups -OCH3 is 1. The molecule has 0 bridgehead atoms. The van der Waals surface area contributed by atoms with Crippen molar-refractivity contribution < 1.29 is 22.3 Å². The number of sulfone groups is 1. The van der Waals surface area contributed by atoms with E-state index in [1.54, 1.807) is 6.92 Å². The van der Waals surface area contributed by atoms with Gasteiger partial charge in [0.05, 0.1) is 6.61 Å². The van der Waals surface area contributed by atoms with Crippen molar-refractivity contribution in [1.82, 2.24) is 5.32 Å². The van der Waals surface area contributed by atoms with Crippen LogP contribution in [0.25, 0.3) is 0 Å². The predicted octanol–water partition coefficient (Wildman–Crippen LogP) is 0.750. The van der Waals surface area contributed by atoms with Crippen LogP contribution in [0, 0.1) is 5.82 Å². The maximum atomic E-state index is 13.4. The van der Waals surface area contributed by atoms with Gasteiger partial charge in [-0.2, -0.15) is 0 Å². The van der Waals surface area contributed by atoms with Crippen LogP contribution in [-0.4, -0.2) is 39.8 Å². The normalized spacial score (nSPS) is 13.0. The molecule has 19 heavy (non-hydrogen) atoms. The lowest BCUT2D eigenvalue weighted by Gasteiger charge is -2.12. The highest BCUT2D eigenvalue weighted by molar-refractivity contribution is 7.92. The van der Waals surface area contributed by atoms with Gasteiger partial charge in [0.1, 0.15) is 16.5 Å². The van der Waals surface area contributed by atoms with Gasteiger partial charge < -0.3 is 10.1 Å². The van der Waals surface area contributed by atoms with E-state index in [1.165, 1.54) is 19.2 Å². The molecular formula is C12H16FNO4S. The standard InChI is InChI=1S/C12H16FNO4S/c1-9(7-18-2)14-12(15)8-19(16,17)11-6-4-3-5-10(11)13/h3-6,9H,7-8H2,1-2H3,(H,14,15)/t9-/m1/s1. The van der Waals surface area contributed by atoms with Gasteiger partial charge in [0.15, 0.2) is 9.84 Å². The molecule has 5 nitrogen and oxygen atoms in total. The molecule has 0 heterocycles. The van der Waals surface area contributed by atoms with Crippen LogP contribution in [-0.2, 0) is 19.4 Å². The summed E-state index contributed by atoms with van der Waals surface area (Å²) in [4.78, 5) is 11.1. The maximum absolute atomic E-state index is 13.4. The zero-order valence-corrected chi connectivity index (χ0v) is 11.5. The number of hydrogen-bond donors (Lipinski definition) is 1. The molecule has 0 saturated carbocycles. The van der Waals surface area contributed by atoms with Crippen molar-refractivity contribution in [3.05, 3.63) is 30.1 Å². The van der Waals surface area contributed by atoms with Gasteiger partial charge in [0.25, 0.3) is 0 Å². The Labute approximate surface area is 111 Å². The lowest BCUT2D eigenvalue weighted by Crippen LogP contribution is -2.39. The molecule has 106 valence electrons. The van der Waals surface area contributed by atoms with Crippen molar-refractivity contribution in [3.8, 4) is 0 Å². The number of nitrogens with one attached hydrogen (secondary N) is 1. The van der Waals surface area contributed by atoms with E-state index in [1.807, 2.05) is 0 Å². The van der Waals surface area contributed by atoms with E-state index >= 15 is 0 Å². The first-order valence-corrected chi connectivity index (χ1v) is 7.27. The molecule has 1 N–H and O–H groups in total. The van der Waals surface area contributed by atoms with Crippen molar-refractivity contribution in [3.63, 3.8) is 0 Å². The van der Waals surface area contributed by atoms with E-state index < -0.39 is 32.2 Å². The van der Waals surface area contributed by atoms with E-state index in [0.29, 0.717) is 0 Å². The van der Waals surface area contributed by atoms with E-state index in [2.05, 4.69) is 5.32 Å². The van der Waals surface area contributed by atoms with Gasteiger partial charge in [0.2, 0.25) is 5.91 Å². The minimum absolute atomic E-state index is 0.269. The largest absolute Gasteiger partial charge is 0.383 e. The maximum Gasteiger partial charge on any atom is 0.235 e. The summed E-state index contributed by atoms with van der Waals surface area (Å²) in [5.74, 6) is -2.34. The number of ether oxygens (including phenoxy) is 1. The fourth-order valence-corrected chi connectivity index (χ4v) is 2.79. The van der Waals surface area contributed by atoms with E-state index in [4.69, 9.17) is 4.74 Å². The second kappa shape index (κ2) is 6.63. The van der Waals surface area contributed by atoms with Crippen molar-refractivity contribution in [2.75, 3.05) is 19.5 Å². The fourth-order valence-electron chi connectivity index (χ4n) is 1.56. The number of carbonyl (C=O) groups excluding carboxylic acids is 1. The average molecular weight is 289 g/mol. The van der Waals surface area contributed by atoms with Crippen LogP contribution in [0.3, 0.4) is 0 Å². The van der Waals surface area contributed by atoms with Crippen LogP contribution >= 0.6 is 0 Å². The van der Waals surface area contributed by atoms with Gasteiger partial charge in [-0.25, -0.2) is 12.8 Å². The first-order valence-electron chi connectivity index (χ1n) is 5.62. The van der Waals surface area contributed by atoms with Crippen LogP contribution in [0.15, 0.2) is 29.2 Å². The molecule has 7 heteroatoms. The fraction of sp³-hybridized carbons (Fsp3) is 0.417. The zero-order chi connectivity index (χ0) is 14.5. The van der Waals surface area contributed by atoms with Crippen molar-refractivity contribution >= 4 is 15.7 Å². The van der Waals surface area contributed by atoms with Crippen LogP contribution < -0.4 is 5.32 Å². The molecule has 0 unspecified atom stereocenters. The number of carbonyl (C=O) groups is 1. The van der Waals surface area contributed by atoms with Crippen molar-refractivity contribution in [2.24, 2.45) is 0 Å². The topological polar surface area (TPSA) is 72.5 Å². The molecule has 0 aliphatic rings. The Morgan fingerprint density at radius 3 is 2.63 bits per heavy atom. The Kier molecular flexibility index (Phi) is 5.44. The van der Waals surface area contributed by atoms with Crippen molar-refractivity contribution in [1.29, 1.82) is 0 Å². The first kappa shape index (κ1) is 15.6. The molecule has 1 rings (SSSR count). The molecule has 1 atom stereocenters. The van der Waals surface area contributed by atoms with E-state index in [-0.39, 0.29) is 12.6 Å². The molecule has 1 amide bonds. The summed E-state index contributed by atoms with van der Waals surface area (Å²) in [7, 11) is -2.51. The molecule has 1 aromatic rings. The molecule has 0 saturated heterocycles. The Balaban J connectivity index is 2.76. The number of amides is 1.